The first-order valence-corrected chi connectivity index (χ1v) is 3.24. The number of aliphatic hydroxyl groups excluding tert-OH is 1. The lowest BCUT2D eigenvalue weighted by Gasteiger charge is -1.90. The molecule has 0 radical (unpaired) electrons. The van der Waals surface area contributed by atoms with Gasteiger partial charge in [0, 0.05) is 13.0 Å². The molecule has 0 aromatic carbocycles. The van der Waals surface area contributed by atoms with Crippen molar-refractivity contribution in [2.75, 3.05) is 6.61 Å². The van der Waals surface area contributed by atoms with Crippen molar-refractivity contribution in [1.82, 2.24) is 0 Å². The van der Waals surface area contributed by atoms with E-state index in [1.165, 1.54) is 0 Å². The summed E-state index contributed by atoms with van der Waals surface area (Å²) in [6.07, 6.45) is 2.12. The second kappa shape index (κ2) is 5.20. The molecule has 0 fully saturated rings. The lowest BCUT2D eigenvalue weighted by molar-refractivity contribution is -0.111. The number of rotatable bonds is 4. The Bertz CT molecular complexity index is 72.8. The number of carbonyl (C=O) groups excluding carboxylic acids is 1. The molecule has 0 saturated heterocycles. The van der Waals surface area contributed by atoms with Crippen molar-refractivity contribution in [2.45, 2.75) is 19.3 Å². The summed E-state index contributed by atoms with van der Waals surface area (Å²) in [5.41, 5.74) is 0.124. The van der Waals surface area contributed by atoms with Crippen molar-refractivity contribution in [3.05, 3.63) is 0 Å². The maximum Gasteiger partial charge on any atom is 0.148 e. The molecule has 48 valence electrons. The molecule has 2 nitrogen and oxygen atoms in total. The van der Waals surface area contributed by atoms with Crippen LogP contribution in [0.2, 0.25) is 0 Å². The molecule has 0 bridgehead atoms. The Morgan fingerprint density at radius 3 is 2.50 bits per heavy atom. The van der Waals surface area contributed by atoms with Gasteiger partial charge in [-0.05, 0) is 12.8 Å². The molecule has 0 heterocycles. The van der Waals surface area contributed by atoms with E-state index in [0.717, 1.165) is 12.8 Å². The van der Waals surface area contributed by atoms with Crippen LogP contribution in [-0.2, 0) is 4.79 Å². The molecule has 1 N–H and O–H groups in total. The van der Waals surface area contributed by atoms with Gasteiger partial charge in [-0.2, -0.15) is 0 Å². The molecule has 0 aliphatic heterocycles. The van der Waals surface area contributed by atoms with Gasteiger partial charge in [0.2, 0.25) is 0 Å². The first kappa shape index (κ1) is 8.06. The van der Waals surface area contributed by atoms with Gasteiger partial charge in [0.05, 0.1) is 0 Å². The molecule has 1 unspecified atom stereocenters. The predicted molar refractivity (Wildman–Crippen MR) is 35.7 cm³/mol. The minimum atomic E-state index is 0.124. The molecule has 3 heteroatoms. The van der Waals surface area contributed by atoms with E-state index in [2.05, 4.69) is 9.24 Å². The number of hydrogen-bond acceptors (Lipinski definition) is 2. The topological polar surface area (TPSA) is 37.3 Å². The number of hydrogen-bond donors (Lipinski definition) is 1. The van der Waals surface area contributed by atoms with E-state index in [1.54, 1.807) is 0 Å². The molecular weight excluding hydrogens is 123 g/mol. The molecule has 0 aliphatic rings. The average Bonchev–Trinajstić information content (AvgIpc) is 1.66. The molecule has 0 rings (SSSR count). The second-order valence-electron chi connectivity index (χ2n) is 1.65. The standard InChI is InChI=1S/C5H11O2P/c6-4-2-1-3-5(7)8/h6H,1-4,8H2. The average molecular weight is 134 g/mol. The van der Waals surface area contributed by atoms with Crippen LogP contribution in [0.5, 0.6) is 0 Å². The third-order valence-corrected chi connectivity index (χ3v) is 1.12. The van der Waals surface area contributed by atoms with Crippen molar-refractivity contribution in [2.24, 2.45) is 0 Å². The van der Waals surface area contributed by atoms with Crippen molar-refractivity contribution < 1.29 is 9.90 Å². The van der Waals surface area contributed by atoms with Gasteiger partial charge in [-0.25, -0.2) is 0 Å². The van der Waals surface area contributed by atoms with Gasteiger partial charge in [-0.15, -0.1) is 0 Å². The van der Waals surface area contributed by atoms with Gasteiger partial charge in [-0.3, -0.25) is 4.79 Å². The number of aliphatic hydroxyl groups is 1. The highest BCUT2D eigenvalue weighted by atomic mass is 31.0. The van der Waals surface area contributed by atoms with Gasteiger partial charge in [-0.1, -0.05) is 9.24 Å². The molecular formula is C5H11O2P. The molecule has 0 aromatic heterocycles. The van der Waals surface area contributed by atoms with E-state index in [4.69, 9.17) is 5.11 Å². The third-order valence-electron chi connectivity index (χ3n) is 0.831. The normalized spacial score (nSPS) is 9.25. The van der Waals surface area contributed by atoms with Crippen LogP contribution in [-0.4, -0.2) is 17.2 Å². The predicted octanol–water partition coefficient (Wildman–Crippen LogP) is 0.551. The maximum atomic E-state index is 10.2. The monoisotopic (exact) mass is 134 g/mol. The quantitative estimate of drug-likeness (QED) is 0.450. The number of unbranched alkanes of at least 4 members (excludes halogenated alkanes) is 1. The highest BCUT2D eigenvalue weighted by Gasteiger charge is 1.90. The minimum absolute atomic E-state index is 0.124. The van der Waals surface area contributed by atoms with Crippen LogP contribution in [0.1, 0.15) is 19.3 Å². The van der Waals surface area contributed by atoms with E-state index in [-0.39, 0.29) is 12.1 Å². The van der Waals surface area contributed by atoms with Crippen LogP contribution < -0.4 is 0 Å². The minimum Gasteiger partial charge on any atom is -0.396 e. The number of carbonyl (C=O) groups is 1. The van der Waals surface area contributed by atoms with E-state index >= 15 is 0 Å². The van der Waals surface area contributed by atoms with Crippen LogP contribution in [0.4, 0.5) is 0 Å². The van der Waals surface area contributed by atoms with Gasteiger partial charge < -0.3 is 5.11 Å². The summed E-state index contributed by atoms with van der Waals surface area (Å²) in [4.78, 5) is 10.2. The fourth-order valence-electron chi connectivity index (χ4n) is 0.411. The Hall–Kier alpha value is 0.0600. The van der Waals surface area contributed by atoms with E-state index in [0.29, 0.717) is 6.42 Å². The molecule has 0 amide bonds. The zero-order valence-electron chi connectivity index (χ0n) is 4.76. The lowest BCUT2D eigenvalue weighted by Crippen LogP contribution is -1.87. The second-order valence-corrected chi connectivity index (χ2v) is 2.29. The highest BCUT2D eigenvalue weighted by molar-refractivity contribution is 7.40. The van der Waals surface area contributed by atoms with Crippen molar-refractivity contribution >= 4 is 14.8 Å². The highest BCUT2D eigenvalue weighted by Crippen LogP contribution is 1.99. The van der Waals surface area contributed by atoms with Crippen molar-refractivity contribution in [3.8, 4) is 0 Å². The SMILES string of the molecule is O=C(P)CCCCO. The van der Waals surface area contributed by atoms with E-state index in [9.17, 15) is 4.79 Å². The molecule has 8 heavy (non-hydrogen) atoms. The fourth-order valence-corrected chi connectivity index (χ4v) is 0.615. The zero-order valence-corrected chi connectivity index (χ0v) is 5.92. The van der Waals surface area contributed by atoms with Gasteiger partial charge in [0.15, 0.2) is 0 Å². The van der Waals surface area contributed by atoms with E-state index < -0.39 is 0 Å². The lowest BCUT2D eigenvalue weighted by atomic mass is 10.3. The third kappa shape index (κ3) is 6.06. The molecule has 0 saturated carbocycles. The summed E-state index contributed by atoms with van der Waals surface area (Å²) in [5, 5.41) is 8.26. The van der Waals surface area contributed by atoms with Gasteiger partial charge in [0.25, 0.3) is 0 Å². The summed E-state index contributed by atoms with van der Waals surface area (Å²) in [6.45, 7) is 0.192. The smallest absolute Gasteiger partial charge is 0.148 e. The van der Waals surface area contributed by atoms with Crippen LogP contribution in [0.25, 0.3) is 0 Å². The summed E-state index contributed by atoms with van der Waals surface area (Å²) >= 11 is 0. The molecule has 0 aromatic rings. The summed E-state index contributed by atoms with van der Waals surface area (Å²) in [7, 11) is 2.11. The van der Waals surface area contributed by atoms with Gasteiger partial charge >= 0.3 is 0 Å². The Kier molecular flexibility index (Phi) is 5.24. The van der Waals surface area contributed by atoms with Crippen molar-refractivity contribution in [3.63, 3.8) is 0 Å². The Labute approximate surface area is 51.5 Å². The van der Waals surface area contributed by atoms with Gasteiger partial charge in [0.1, 0.15) is 5.52 Å². The van der Waals surface area contributed by atoms with Crippen LogP contribution in [0.15, 0.2) is 0 Å². The Balaban J connectivity index is 2.82. The van der Waals surface area contributed by atoms with Crippen molar-refractivity contribution in [1.29, 1.82) is 0 Å². The zero-order chi connectivity index (χ0) is 6.41. The summed E-state index contributed by atoms with van der Waals surface area (Å²) in [5.74, 6) is 0. The summed E-state index contributed by atoms with van der Waals surface area (Å²) < 4.78 is 0. The Morgan fingerprint density at radius 2 is 2.12 bits per heavy atom. The maximum absolute atomic E-state index is 10.2. The fraction of sp³-hybridized carbons (Fsp3) is 0.800. The molecule has 0 aliphatic carbocycles. The summed E-state index contributed by atoms with van der Waals surface area (Å²) in [6, 6.07) is 0. The van der Waals surface area contributed by atoms with Crippen LogP contribution >= 0.6 is 9.24 Å². The van der Waals surface area contributed by atoms with Crippen LogP contribution in [0, 0.1) is 0 Å². The van der Waals surface area contributed by atoms with Crippen LogP contribution in [0.3, 0.4) is 0 Å². The first-order valence-electron chi connectivity index (χ1n) is 2.66. The first-order chi connectivity index (χ1) is 3.77. The van der Waals surface area contributed by atoms with E-state index in [1.807, 2.05) is 0 Å². The molecule has 1 atom stereocenters. The Morgan fingerprint density at radius 1 is 1.50 bits per heavy atom. The largest absolute Gasteiger partial charge is 0.396 e. The molecule has 0 spiro atoms.